The van der Waals surface area contributed by atoms with Crippen molar-refractivity contribution in [3.8, 4) is 5.75 Å². The number of benzene rings is 1. The average Bonchev–Trinajstić information content (AvgIpc) is 2.18. The second kappa shape index (κ2) is 4.24. The predicted molar refractivity (Wildman–Crippen MR) is 47.6 cm³/mol. The first-order chi connectivity index (χ1) is 6.29. The summed E-state index contributed by atoms with van der Waals surface area (Å²) >= 11 is 0. The molecule has 0 aliphatic rings. The van der Waals surface area contributed by atoms with Crippen LogP contribution in [0.15, 0.2) is 30.3 Å². The molecular formula is C10H8O3. The van der Waals surface area contributed by atoms with Crippen molar-refractivity contribution in [2.45, 2.75) is 0 Å². The second-order valence-electron chi connectivity index (χ2n) is 2.33. The smallest absolute Gasteiger partial charge is 0.200 e. The highest BCUT2D eigenvalue weighted by Crippen LogP contribution is 2.17. The van der Waals surface area contributed by atoms with Crippen LogP contribution in [0.3, 0.4) is 0 Å². The van der Waals surface area contributed by atoms with Gasteiger partial charge < -0.3 is 4.74 Å². The van der Waals surface area contributed by atoms with Crippen molar-refractivity contribution in [2.24, 2.45) is 0 Å². The van der Waals surface area contributed by atoms with Gasteiger partial charge in [-0.25, -0.2) is 4.79 Å². The van der Waals surface area contributed by atoms with E-state index in [1.54, 1.807) is 24.3 Å². The van der Waals surface area contributed by atoms with Crippen molar-refractivity contribution < 1.29 is 14.3 Å². The number of carbonyl (C=O) groups is 1. The molecule has 1 aromatic carbocycles. The van der Waals surface area contributed by atoms with E-state index in [1.165, 1.54) is 13.1 Å². The van der Waals surface area contributed by atoms with E-state index in [0.29, 0.717) is 11.3 Å². The number of para-hydroxylation sites is 1. The largest absolute Gasteiger partial charge is 0.496 e. The molecule has 0 aliphatic carbocycles. The van der Waals surface area contributed by atoms with Crippen molar-refractivity contribution in [1.29, 1.82) is 0 Å². The molecule has 0 fully saturated rings. The number of carbonyl (C=O) groups excluding carboxylic acids is 2. The summed E-state index contributed by atoms with van der Waals surface area (Å²) in [5.41, 5.74) is 0.369. The summed E-state index contributed by atoms with van der Waals surface area (Å²) in [6.45, 7) is 0. The van der Waals surface area contributed by atoms with Gasteiger partial charge in [0.1, 0.15) is 11.7 Å². The second-order valence-corrected chi connectivity index (χ2v) is 2.33. The molecule has 3 nitrogen and oxygen atoms in total. The highest BCUT2D eigenvalue weighted by Gasteiger charge is 2.07. The Hall–Kier alpha value is -1.86. The Kier molecular flexibility index (Phi) is 3.01. The minimum atomic E-state index is -0.396. The zero-order valence-electron chi connectivity index (χ0n) is 7.11. The van der Waals surface area contributed by atoms with E-state index in [2.05, 4.69) is 0 Å². The predicted octanol–water partition coefficient (Wildman–Crippen LogP) is 1.27. The standard InChI is InChI=1S/C10H8O3/c1-13-10-5-3-2-4-8(10)9(12)6-7-11/h2-6H,1H3. The normalized spacial score (nSPS) is 8.69. The van der Waals surface area contributed by atoms with Crippen LogP contribution in [0.1, 0.15) is 10.4 Å². The van der Waals surface area contributed by atoms with E-state index in [-0.39, 0.29) is 0 Å². The van der Waals surface area contributed by atoms with Crippen LogP contribution < -0.4 is 4.74 Å². The van der Waals surface area contributed by atoms with E-state index in [1.807, 2.05) is 0 Å². The molecular weight excluding hydrogens is 168 g/mol. The van der Waals surface area contributed by atoms with Gasteiger partial charge in [0.25, 0.3) is 0 Å². The molecule has 0 saturated carbocycles. The molecule has 66 valence electrons. The molecule has 1 rings (SSSR count). The molecule has 0 aliphatic heterocycles. The first kappa shape index (κ1) is 9.23. The van der Waals surface area contributed by atoms with Crippen LogP contribution >= 0.6 is 0 Å². The zero-order chi connectivity index (χ0) is 9.68. The number of ketones is 1. The number of rotatable bonds is 3. The summed E-state index contributed by atoms with van der Waals surface area (Å²) in [4.78, 5) is 21.2. The van der Waals surface area contributed by atoms with Crippen molar-refractivity contribution in [2.75, 3.05) is 7.11 Å². The summed E-state index contributed by atoms with van der Waals surface area (Å²) in [6, 6.07) is 6.70. The van der Waals surface area contributed by atoms with E-state index in [9.17, 15) is 9.59 Å². The van der Waals surface area contributed by atoms with Crippen LogP contribution in [0.5, 0.6) is 5.75 Å². The number of hydrogen-bond acceptors (Lipinski definition) is 3. The molecule has 0 spiro atoms. The number of hydrogen-bond donors (Lipinski definition) is 0. The minimum absolute atomic E-state index is 0.369. The third-order valence-corrected chi connectivity index (χ3v) is 1.56. The van der Waals surface area contributed by atoms with E-state index in [4.69, 9.17) is 4.74 Å². The highest BCUT2D eigenvalue weighted by molar-refractivity contribution is 6.10. The third-order valence-electron chi connectivity index (χ3n) is 1.56. The molecule has 1 aromatic rings. The van der Waals surface area contributed by atoms with Gasteiger partial charge in [-0.05, 0) is 12.1 Å². The molecule has 0 heterocycles. The minimum Gasteiger partial charge on any atom is -0.496 e. The molecule has 0 N–H and O–H groups in total. The van der Waals surface area contributed by atoms with E-state index >= 15 is 0 Å². The van der Waals surface area contributed by atoms with Gasteiger partial charge in [-0.15, -0.1) is 0 Å². The van der Waals surface area contributed by atoms with Gasteiger partial charge >= 0.3 is 0 Å². The monoisotopic (exact) mass is 176 g/mol. The maximum Gasteiger partial charge on any atom is 0.200 e. The lowest BCUT2D eigenvalue weighted by molar-refractivity contribution is 0.104. The average molecular weight is 176 g/mol. The van der Waals surface area contributed by atoms with Gasteiger partial charge in [0.05, 0.1) is 18.7 Å². The summed E-state index contributed by atoms with van der Waals surface area (Å²) in [7, 11) is 1.47. The van der Waals surface area contributed by atoms with Crippen LogP contribution in [0, 0.1) is 0 Å². The molecule has 0 aromatic heterocycles. The SMILES string of the molecule is COc1ccccc1C(=O)C=C=O. The van der Waals surface area contributed by atoms with Crippen LogP contribution in [0.25, 0.3) is 0 Å². The van der Waals surface area contributed by atoms with Crippen molar-refractivity contribution in [3.63, 3.8) is 0 Å². The van der Waals surface area contributed by atoms with Gasteiger partial charge in [0.15, 0.2) is 0 Å². The maximum absolute atomic E-state index is 11.2. The summed E-state index contributed by atoms with van der Waals surface area (Å²) < 4.78 is 4.94. The van der Waals surface area contributed by atoms with Gasteiger partial charge in [-0.3, -0.25) is 4.79 Å². The number of methoxy groups -OCH3 is 1. The summed E-state index contributed by atoms with van der Waals surface area (Å²) in [6.07, 6.45) is 0.845. The first-order valence-corrected chi connectivity index (χ1v) is 3.68. The van der Waals surface area contributed by atoms with E-state index in [0.717, 1.165) is 6.08 Å². The van der Waals surface area contributed by atoms with Gasteiger partial charge in [-0.1, -0.05) is 12.1 Å². The fourth-order valence-electron chi connectivity index (χ4n) is 0.979. The van der Waals surface area contributed by atoms with Gasteiger partial charge in [0.2, 0.25) is 5.78 Å². The molecule has 0 bridgehead atoms. The van der Waals surface area contributed by atoms with Crippen molar-refractivity contribution in [3.05, 3.63) is 35.9 Å². The topological polar surface area (TPSA) is 43.4 Å². The Morgan fingerprint density at radius 3 is 2.77 bits per heavy atom. The zero-order valence-corrected chi connectivity index (χ0v) is 7.11. The lowest BCUT2D eigenvalue weighted by Gasteiger charge is -2.03. The molecule has 0 saturated heterocycles. The van der Waals surface area contributed by atoms with Crippen LogP contribution in [0.2, 0.25) is 0 Å². The lowest BCUT2D eigenvalue weighted by atomic mass is 10.1. The Morgan fingerprint density at radius 2 is 2.15 bits per heavy atom. The highest BCUT2D eigenvalue weighted by atomic mass is 16.5. The van der Waals surface area contributed by atoms with Crippen LogP contribution in [0.4, 0.5) is 0 Å². The van der Waals surface area contributed by atoms with Gasteiger partial charge in [0, 0.05) is 0 Å². The molecule has 13 heavy (non-hydrogen) atoms. The van der Waals surface area contributed by atoms with Crippen molar-refractivity contribution in [1.82, 2.24) is 0 Å². The first-order valence-electron chi connectivity index (χ1n) is 3.68. The Labute approximate surface area is 75.6 Å². The third kappa shape index (κ3) is 2.04. The fourth-order valence-corrected chi connectivity index (χ4v) is 0.979. The molecule has 0 radical (unpaired) electrons. The van der Waals surface area contributed by atoms with Crippen LogP contribution in [-0.2, 0) is 4.79 Å². The molecule has 0 unspecified atom stereocenters. The lowest BCUT2D eigenvalue weighted by Crippen LogP contribution is -1.98. The quantitative estimate of drug-likeness (QED) is 0.395. The maximum atomic E-state index is 11.2. The number of allylic oxidation sites excluding steroid dienone is 1. The Bertz CT molecular complexity index is 362. The summed E-state index contributed by atoms with van der Waals surface area (Å²) in [5.74, 6) is 1.50. The summed E-state index contributed by atoms with van der Waals surface area (Å²) in [5, 5.41) is 0. The van der Waals surface area contributed by atoms with E-state index < -0.39 is 5.78 Å². The van der Waals surface area contributed by atoms with Gasteiger partial charge in [-0.2, -0.15) is 0 Å². The molecule has 0 amide bonds. The Morgan fingerprint density at radius 1 is 1.46 bits per heavy atom. The van der Waals surface area contributed by atoms with Crippen LogP contribution in [-0.4, -0.2) is 18.8 Å². The molecule has 0 atom stereocenters. The van der Waals surface area contributed by atoms with Crippen molar-refractivity contribution >= 4 is 11.7 Å². The molecule has 3 heteroatoms. The Balaban J connectivity index is 3.12. The number of ether oxygens (including phenoxy) is 1. The fraction of sp³-hybridized carbons (Fsp3) is 0.100.